The molecule has 0 aliphatic carbocycles. The summed E-state index contributed by atoms with van der Waals surface area (Å²) < 4.78 is 40.0. The Morgan fingerprint density at radius 3 is 2.44 bits per heavy atom. The van der Waals surface area contributed by atoms with Gasteiger partial charge in [0, 0.05) is 11.6 Å². The largest absolute Gasteiger partial charge is 0.289 e. The molecule has 4 rings (SSSR count). The molecule has 0 radical (unpaired) electrons. The average Bonchev–Trinajstić information content (AvgIpc) is 3.22. The number of hydrogen-bond acceptors (Lipinski definition) is 5. The first-order chi connectivity index (χ1) is 12.9. The molecule has 2 aromatic carbocycles. The summed E-state index contributed by atoms with van der Waals surface area (Å²) in [5.41, 5.74) is 1.09. The lowest BCUT2D eigenvalue weighted by Crippen LogP contribution is -2.27. The average molecular weight is 404 g/mol. The number of fused-ring (bicyclic) bond motifs is 1. The number of hydrogen-bond donors (Lipinski definition) is 0. The quantitative estimate of drug-likeness (QED) is 0.667. The van der Waals surface area contributed by atoms with Gasteiger partial charge in [0.25, 0.3) is 15.3 Å². The molecule has 1 saturated heterocycles. The first-order valence-corrected chi connectivity index (χ1v) is 10.4. The zero-order chi connectivity index (χ0) is 19.2. The normalized spacial score (nSPS) is 15.1. The number of thioether (sulfide) groups is 1. The van der Waals surface area contributed by atoms with Crippen molar-refractivity contribution in [1.29, 1.82) is 0 Å². The van der Waals surface area contributed by atoms with E-state index in [0.717, 1.165) is 32.8 Å². The van der Waals surface area contributed by atoms with Crippen molar-refractivity contribution in [2.24, 2.45) is 0 Å². The van der Waals surface area contributed by atoms with Gasteiger partial charge < -0.3 is 0 Å². The van der Waals surface area contributed by atoms with E-state index in [1.54, 1.807) is 24.3 Å². The minimum absolute atomic E-state index is 0.0342. The number of aromatic nitrogens is 1. The Labute approximate surface area is 158 Å². The number of imide groups is 1. The molecule has 1 aromatic heterocycles. The van der Waals surface area contributed by atoms with E-state index in [-0.39, 0.29) is 28.3 Å². The third-order valence-corrected chi connectivity index (χ3v) is 6.89. The van der Waals surface area contributed by atoms with Gasteiger partial charge in [-0.2, -0.15) is 0 Å². The highest BCUT2D eigenvalue weighted by atomic mass is 32.2. The fourth-order valence-corrected chi connectivity index (χ4v) is 5.05. The van der Waals surface area contributed by atoms with Crippen LogP contribution in [0.25, 0.3) is 10.9 Å². The van der Waals surface area contributed by atoms with Crippen LogP contribution in [0.15, 0.2) is 59.6 Å². The van der Waals surface area contributed by atoms with E-state index in [2.05, 4.69) is 0 Å². The molecular formula is C18H13FN2O4S2. The minimum atomic E-state index is -3.91. The Morgan fingerprint density at radius 2 is 1.78 bits per heavy atom. The SMILES string of the molecule is O=C1CSC(=O)N1Cc1cccc2c1ccn2S(=O)(=O)c1ccc(F)cc1. The summed E-state index contributed by atoms with van der Waals surface area (Å²) in [5.74, 6) is -0.666. The Balaban J connectivity index is 1.77. The van der Waals surface area contributed by atoms with E-state index in [1.807, 2.05) is 0 Å². The van der Waals surface area contributed by atoms with Crippen molar-refractivity contribution in [3.05, 3.63) is 66.1 Å². The van der Waals surface area contributed by atoms with E-state index < -0.39 is 15.8 Å². The number of carbonyl (C=O) groups excluding carboxylic acids is 2. The van der Waals surface area contributed by atoms with Gasteiger partial charge in [-0.15, -0.1) is 0 Å². The molecule has 1 aliphatic rings. The van der Waals surface area contributed by atoms with Gasteiger partial charge >= 0.3 is 0 Å². The number of halogens is 1. The molecule has 1 aliphatic heterocycles. The van der Waals surface area contributed by atoms with Gasteiger partial charge in [-0.05, 0) is 42.0 Å². The molecule has 0 saturated carbocycles. The second-order valence-corrected chi connectivity index (χ2v) is 8.70. The maximum atomic E-state index is 13.1. The van der Waals surface area contributed by atoms with Gasteiger partial charge in [0.1, 0.15) is 5.82 Å². The van der Waals surface area contributed by atoms with Gasteiger partial charge in [0.15, 0.2) is 0 Å². The van der Waals surface area contributed by atoms with Crippen molar-refractivity contribution < 1.29 is 22.4 Å². The van der Waals surface area contributed by atoms with Gasteiger partial charge in [0.2, 0.25) is 5.91 Å². The zero-order valence-corrected chi connectivity index (χ0v) is 15.5. The molecule has 2 heterocycles. The minimum Gasteiger partial charge on any atom is -0.273 e. The molecule has 27 heavy (non-hydrogen) atoms. The molecular weight excluding hydrogens is 391 g/mol. The predicted octanol–water partition coefficient (Wildman–Crippen LogP) is 3.21. The first kappa shape index (κ1) is 17.7. The molecule has 3 aromatic rings. The Morgan fingerprint density at radius 1 is 1.04 bits per heavy atom. The Hall–Kier alpha value is -2.65. The monoisotopic (exact) mass is 404 g/mol. The molecule has 2 amide bonds. The van der Waals surface area contributed by atoms with Crippen LogP contribution in [0.1, 0.15) is 5.56 Å². The zero-order valence-electron chi connectivity index (χ0n) is 13.8. The lowest BCUT2D eigenvalue weighted by atomic mass is 10.1. The summed E-state index contributed by atoms with van der Waals surface area (Å²) >= 11 is 0.952. The predicted molar refractivity (Wildman–Crippen MR) is 99.3 cm³/mol. The highest BCUT2D eigenvalue weighted by Crippen LogP contribution is 2.28. The fourth-order valence-electron chi connectivity index (χ4n) is 2.98. The van der Waals surface area contributed by atoms with Crippen LogP contribution in [0.3, 0.4) is 0 Å². The van der Waals surface area contributed by atoms with Crippen molar-refractivity contribution in [3.63, 3.8) is 0 Å². The van der Waals surface area contributed by atoms with E-state index in [1.165, 1.54) is 18.3 Å². The van der Waals surface area contributed by atoms with E-state index in [9.17, 15) is 22.4 Å². The van der Waals surface area contributed by atoms with Crippen LogP contribution >= 0.6 is 11.8 Å². The smallest absolute Gasteiger partial charge is 0.273 e. The van der Waals surface area contributed by atoms with Crippen LogP contribution in [-0.4, -0.2) is 34.2 Å². The Bertz CT molecular complexity index is 1150. The summed E-state index contributed by atoms with van der Waals surface area (Å²) in [6, 6.07) is 11.3. The van der Waals surface area contributed by atoms with Crippen molar-refractivity contribution in [2.45, 2.75) is 11.4 Å². The highest BCUT2D eigenvalue weighted by Gasteiger charge is 2.30. The van der Waals surface area contributed by atoms with Crippen LogP contribution < -0.4 is 0 Å². The first-order valence-electron chi connectivity index (χ1n) is 7.95. The number of nitrogens with zero attached hydrogens (tertiary/aromatic N) is 2. The third kappa shape index (κ3) is 3.02. The van der Waals surface area contributed by atoms with Crippen molar-refractivity contribution in [2.75, 3.05) is 5.75 Å². The lowest BCUT2D eigenvalue weighted by Gasteiger charge is -2.14. The van der Waals surface area contributed by atoms with Crippen LogP contribution in [0.4, 0.5) is 9.18 Å². The summed E-state index contributed by atoms with van der Waals surface area (Å²) in [7, 11) is -3.91. The van der Waals surface area contributed by atoms with Crippen molar-refractivity contribution >= 4 is 43.8 Å². The van der Waals surface area contributed by atoms with Gasteiger partial charge in [-0.25, -0.2) is 16.8 Å². The second kappa shape index (κ2) is 6.50. The van der Waals surface area contributed by atoms with E-state index in [4.69, 9.17) is 0 Å². The van der Waals surface area contributed by atoms with Crippen LogP contribution in [0.5, 0.6) is 0 Å². The Kier molecular flexibility index (Phi) is 4.27. The number of benzene rings is 2. The molecule has 0 spiro atoms. The molecule has 138 valence electrons. The van der Waals surface area contributed by atoms with Gasteiger partial charge in [0.05, 0.1) is 22.7 Å². The van der Waals surface area contributed by atoms with Crippen LogP contribution in [-0.2, 0) is 21.4 Å². The molecule has 0 bridgehead atoms. The van der Waals surface area contributed by atoms with Crippen LogP contribution in [0.2, 0.25) is 0 Å². The summed E-state index contributed by atoms with van der Waals surface area (Å²) in [6.45, 7) is 0.0859. The van der Waals surface area contributed by atoms with E-state index in [0.29, 0.717) is 16.5 Å². The van der Waals surface area contributed by atoms with E-state index >= 15 is 0 Å². The number of amides is 2. The molecule has 0 atom stereocenters. The summed E-state index contributed by atoms with van der Waals surface area (Å²) in [5, 5.41) is 0.316. The van der Waals surface area contributed by atoms with Gasteiger partial charge in [-0.3, -0.25) is 14.5 Å². The number of carbonyl (C=O) groups is 2. The van der Waals surface area contributed by atoms with Crippen molar-refractivity contribution in [1.82, 2.24) is 8.87 Å². The molecule has 9 heteroatoms. The fraction of sp³-hybridized carbons (Fsp3) is 0.111. The molecule has 0 unspecified atom stereocenters. The number of rotatable bonds is 4. The molecule has 1 fully saturated rings. The second-order valence-electron chi connectivity index (χ2n) is 5.95. The van der Waals surface area contributed by atoms with Crippen molar-refractivity contribution in [3.8, 4) is 0 Å². The third-order valence-electron chi connectivity index (χ3n) is 4.33. The highest BCUT2D eigenvalue weighted by molar-refractivity contribution is 8.14. The topological polar surface area (TPSA) is 76.5 Å². The summed E-state index contributed by atoms with van der Waals surface area (Å²) in [6.07, 6.45) is 1.41. The maximum absolute atomic E-state index is 13.1. The molecule has 6 nitrogen and oxygen atoms in total. The van der Waals surface area contributed by atoms with Crippen LogP contribution in [0, 0.1) is 5.82 Å². The summed E-state index contributed by atoms with van der Waals surface area (Å²) in [4.78, 5) is 24.8. The molecule has 0 N–H and O–H groups in total. The van der Waals surface area contributed by atoms with Gasteiger partial charge in [-0.1, -0.05) is 23.9 Å². The lowest BCUT2D eigenvalue weighted by molar-refractivity contribution is -0.125. The standard InChI is InChI=1S/C18H13FN2O4S2/c19-13-4-6-14(7-5-13)27(24,25)21-9-8-15-12(2-1-3-16(15)21)10-20-17(22)11-26-18(20)23/h1-9H,10-11H2. The maximum Gasteiger partial charge on any atom is 0.289 e.